The highest BCUT2D eigenvalue weighted by molar-refractivity contribution is 5.97. The molecular formula is C19H23NO3. The summed E-state index contributed by atoms with van der Waals surface area (Å²) in [5, 5.41) is 2.95. The third kappa shape index (κ3) is 5.33. The number of benzene rings is 2. The molecule has 0 bridgehead atoms. The van der Waals surface area contributed by atoms with E-state index < -0.39 is 0 Å². The Labute approximate surface area is 137 Å². The first-order valence-electron chi connectivity index (χ1n) is 7.91. The predicted molar refractivity (Wildman–Crippen MR) is 91.1 cm³/mol. The fourth-order valence-corrected chi connectivity index (χ4v) is 2.01. The van der Waals surface area contributed by atoms with Gasteiger partial charge in [-0.1, -0.05) is 37.3 Å². The van der Waals surface area contributed by atoms with Crippen molar-refractivity contribution in [2.24, 2.45) is 0 Å². The van der Waals surface area contributed by atoms with E-state index in [9.17, 15) is 4.79 Å². The van der Waals surface area contributed by atoms with E-state index in [1.54, 1.807) is 12.1 Å². The number of rotatable bonds is 8. The van der Waals surface area contributed by atoms with Crippen molar-refractivity contribution in [3.8, 4) is 11.5 Å². The van der Waals surface area contributed by atoms with Crippen molar-refractivity contribution in [1.29, 1.82) is 0 Å². The summed E-state index contributed by atoms with van der Waals surface area (Å²) >= 11 is 0. The van der Waals surface area contributed by atoms with E-state index in [2.05, 4.69) is 5.32 Å². The van der Waals surface area contributed by atoms with Crippen LogP contribution < -0.4 is 14.8 Å². The molecule has 1 atom stereocenters. The number of nitrogens with one attached hydrogen (secondary N) is 1. The largest absolute Gasteiger partial charge is 0.490 e. The van der Waals surface area contributed by atoms with Crippen molar-refractivity contribution in [2.75, 3.05) is 13.2 Å². The molecule has 0 spiro atoms. The summed E-state index contributed by atoms with van der Waals surface area (Å²) in [6, 6.07) is 17.0. The van der Waals surface area contributed by atoms with Crippen molar-refractivity contribution >= 4 is 5.91 Å². The van der Waals surface area contributed by atoms with Gasteiger partial charge in [0.25, 0.3) is 5.91 Å². The molecule has 0 saturated heterocycles. The molecule has 2 aromatic carbocycles. The molecule has 4 heteroatoms. The molecule has 1 N–H and O–H groups in total. The van der Waals surface area contributed by atoms with E-state index in [1.807, 2.05) is 56.3 Å². The minimum Gasteiger partial charge on any atom is -0.490 e. The standard InChI is InChI=1S/C19H23NO3/c1-3-15(2)20-19(21)17-11-7-8-12-18(17)23-14-13-22-16-9-5-4-6-10-16/h4-12,15H,3,13-14H2,1-2H3,(H,20,21). The summed E-state index contributed by atoms with van der Waals surface area (Å²) < 4.78 is 11.3. The molecular weight excluding hydrogens is 290 g/mol. The summed E-state index contributed by atoms with van der Waals surface area (Å²) in [6.07, 6.45) is 0.889. The number of carbonyl (C=O) groups excluding carboxylic acids is 1. The highest BCUT2D eigenvalue weighted by atomic mass is 16.5. The SMILES string of the molecule is CCC(C)NC(=O)c1ccccc1OCCOc1ccccc1. The fourth-order valence-electron chi connectivity index (χ4n) is 2.01. The second-order valence-electron chi connectivity index (χ2n) is 5.29. The maximum Gasteiger partial charge on any atom is 0.255 e. The van der Waals surface area contributed by atoms with Crippen LogP contribution in [0, 0.1) is 0 Å². The van der Waals surface area contributed by atoms with Crippen molar-refractivity contribution in [3.05, 3.63) is 60.2 Å². The molecule has 0 aliphatic heterocycles. The molecule has 0 heterocycles. The Hall–Kier alpha value is -2.49. The van der Waals surface area contributed by atoms with E-state index in [4.69, 9.17) is 9.47 Å². The van der Waals surface area contributed by atoms with Gasteiger partial charge in [0, 0.05) is 6.04 Å². The molecule has 122 valence electrons. The topological polar surface area (TPSA) is 47.6 Å². The Morgan fingerprint density at radius 1 is 1.00 bits per heavy atom. The van der Waals surface area contributed by atoms with E-state index in [0.717, 1.165) is 12.2 Å². The number of para-hydroxylation sites is 2. The average Bonchev–Trinajstić information content (AvgIpc) is 2.59. The highest BCUT2D eigenvalue weighted by Crippen LogP contribution is 2.18. The number of hydrogen-bond donors (Lipinski definition) is 1. The molecule has 0 aliphatic rings. The Morgan fingerprint density at radius 3 is 2.39 bits per heavy atom. The van der Waals surface area contributed by atoms with Gasteiger partial charge in [-0.05, 0) is 37.6 Å². The molecule has 0 aliphatic carbocycles. The maximum absolute atomic E-state index is 12.3. The van der Waals surface area contributed by atoms with E-state index >= 15 is 0 Å². The lowest BCUT2D eigenvalue weighted by Gasteiger charge is -2.15. The van der Waals surface area contributed by atoms with Crippen molar-refractivity contribution in [3.63, 3.8) is 0 Å². The third-order valence-corrected chi connectivity index (χ3v) is 3.47. The fraction of sp³-hybridized carbons (Fsp3) is 0.316. The third-order valence-electron chi connectivity index (χ3n) is 3.47. The minimum atomic E-state index is -0.112. The lowest BCUT2D eigenvalue weighted by molar-refractivity contribution is 0.0934. The van der Waals surface area contributed by atoms with Crippen LogP contribution in [0.1, 0.15) is 30.6 Å². The van der Waals surface area contributed by atoms with Gasteiger partial charge in [0.15, 0.2) is 0 Å². The molecule has 0 aromatic heterocycles. The molecule has 2 rings (SSSR count). The van der Waals surface area contributed by atoms with Crippen molar-refractivity contribution in [2.45, 2.75) is 26.3 Å². The van der Waals surface area contributed by atoms with Gasteiger partial charge in [0.05, 0.1) is 5.56 Å². The van der Waals surface area contributed by atoms with Crippen LogP contribution in [0.3, 0.4) is 0 Å². The number of ether oxygens (including phenoxy) is 2. The first kappa shape index (κ1) is 16.9. The summed E-state index contributed by atoms with van der Waals surface area (Å²) in [5.74, 6) is 1.27. The van der Waals surface area contributed by atoms with E-state index in [-0.39, 0.29) is 11.9 Å². The summed E-state index contributed by atoms with van der Waals surface area (Å²) in [4.78, 5) is 12.3. The van der Waals surface area contributed by atoms with Crippen LogP contribution in [0.5, 0.6) is 11.5 Å². The van der Waals surface area contributed by atoms with Crippen LogP contribution in [0.25, 0.3) is 0 Å². The number of amides is 1. The zero-order valence-electron chi connectivity index (χ0n) is 13.6. The van der Waals surface area contributed by atoms with Gasteiger partial charge < -0.3 is 14.8 Å². The molecule has 0 radical (unpaired) electrons. The normalized spacial score (nSPS) is 11.6. The van der Waals surface area contributed by atoms with Crippen LogP contribution in [-0.2, 0) is 0 Å². The average molecular weight is 313 g/mol. The highest BCUT2D eigenvalue weighted by Gasteiger charge is 2.13. The number of carbonyl (C=O) groups is 1. The second kappa shape index (κ2) is 8.83. The Bertz CT molecular complexity index is 613. The summed E-state index contributed by atoms with van der Waals surface area (Å²) in [7, 11) is 0. The van der Waals surface area contributed by atoms with E-state index in [1.165, 1.54) is 0 Å². The Kier molecular flexibility index (Phi) is 6.48. The summed E-state index contributed by atoms with van der Waals surface area (Å²) in [5.41, 5.74) is 0.549. The van der Waals surface area contributed by atoms with Gasteiger partial charge in [-0.2, -0.15) is 0 Å². The molecule has 2 aromatic rings. The lowest BCUT2D eigenvalue weighted by Crippen LogP contribution is -2.32. The van der Waals surface area contributed by atoms with Gasteiger partial charge >= 0.3 is 0 Å². The van der Waals surface area contributed by atoms with Crippen molar-refractivity contribution in [1.82, 2.24) is 5.32 Å². The molecule has 23 heavy (non-hydrogen) atoms. The predicted octanol–water partition coefficient (Wildman–Crippen LogP) is 3.67. The van der Waals surface area contributed by atoms with Crippen molar-refractivity contribution < 1.29 is 14.3 Å². The number of hydrogen-bond acceptors (Lipinski definition) is 3. The molecule has 1 unspecified atom stereocenters. The summed E-state index contributed by atoms with van der Waals surface area (Å²) in [6.45, 7) is 4.82. The van der Waals surface area contributed by atoms with Gasteiger partial charge in [-0.15, -0.1) is 0 Å². The van der Waals surface area contributed by atoms with Crippen LogP contribution >= 0.6 is 0 Å². The second-order valence-corrected chi connectivity index (χ2v) is 5.29. The Morgan fingerprint density at radius 2 is 1.65 bits per heavy atom. The van der Waals surface area contributed by atoms with Crippen LogP contribution in [0.4, 0.5) is 0 Å². The van der Waals surface area contributed by atoms with Gasteiger partial charge in [0.1, 0.15) is 24.7 Å². The van der Waals surface area contributed by atoms with Crippen LogP contribution in [0.15, 0.2) is 54.6 Å². The minimum absolute atomic E-state index is 0.112. The molecule has 4 nitrogen and oxygen atoms in total. The monoisotopic (exact) mass is 313 g/mol. The molecule has 0 saturated carbocycles. The molecule has 1 amide bonds. The van der Waals surface area contributed by atoms with E-state index in [0.29, 0.717) is 24.5 Å². The molecule has 0 fully saturated rings. The quantitative estimate of drug-likeness (QED) is 0.756. The van der Waals surface area contributed by atoms with Gasteiger partial charge in [-0.25, -0.2) is 0 Å². The lowest BCUT2D eigenvalue weighted by atomic mass is 10.1. The first-order chi connectivity index (χ1) is 11.2. The Balaban J connectivity index is 1.88. The van der Waals surface area contributed by atoms with Gasteiger partial charge in [0.2, 0.25) is 0 Å². The van der Waals surface area contributed by atoms with Gasteiger partial charge in [-0.3, -0.25) is 4.79 Å². The zero-order chi connectivity index (χ0) is 16.5. The zero-order valence-corrected chi connectivity index (χ0v) is 13.6. The smallest absolute Gasteiger partial charge is 0.255 e. The maximum atomic E-state index is 12.3. The first-order valence-corrected chi connectivity index (χ1v) is 7.91. The van der Waals surface area contributed by atoms with Crippen LogP contribution in [-0.4, -0.2) is 25.2 Å². The van der Waals surface area contributed by atoms with Crippen LogP contribution in [0.2, 0.25) is 0 Å².